The van der Waals surface area contributed by atoms with Crippen molar-refractivity contribution >= 4 is 5.97 Å². The zero-order chi connectivity index (χ0) is 14.7. The Morgan fingerprint density at radius 1 is 1.24 bits per heavy atom. The molecule has 21 heavy (non-hydrogen) atoms. The maximum Gasteiger partial charge on any atom is 0.362 e. The number of para-hydroxylation sites is 1. The van der Waals surface area contributed by atoms with Crippen molar-refractivity contribution in [2.24, 2.45) is 7.05 Å². The summed E-state index contributed by atoms with van der Waals surface area (Å²) in [5, 5.41) is 0. The molecule has 0 bridgehead atoms. The number of nitrogens with zero attached hydrogens (tertiary/aromatic N) is 3. The van der Waals surface area contributed by atoms with Gasteiger partial charge in [0.2, 0.25) is 0 Å². The fourth-order valence-electron chi connectivity index (χ4n) is 2.57. The minimum absolute atomic E-state index is 0.371. The van der Waals surface area contributed by atoms with E-state index in [9.17, 15) is 4.79 Å². The first-order valence-electron chi connectivity index (χ1n) is 7.24. The van der Waals surface area contributed by atoms with Gasteiger partial charge < -0.3 is 9.30 Å². The van der Waals surface area contributed by atoms with Crippen molar-refractivity contribution in [3.05, 3.63) is 48.0 Å². The normalized spacial score (nSPS) is 15.3. The molecule has 3 rings (SSSR count). The average molecular weight is 285 g/mol. The number of esters is 1. The molecule has 2 aromatic rings. The number of ether oxygens (including phenoxy) is 1. The van der Waals surface area contributed by atoms with Crippen LogP contribution in [-0.4, -0.2) is 33.5 Å². The van der Waals surface area contributed by atoms with Crippen molar-refractivity contribution in [2.45, 2.75) is 19.4 Å². The second-order valence-electron chi connectivity index (χ2n) is 5.30. The van der Waals surface area contributed by atoms with Crippen LogP contribution in [0, 0.1) is 0 Å². The number of hydrogen-bond donors (Lipinski definition) is 0. The smallest absolute Gasteiger partial charge is 0.362 e. The first-order valence-corrected chi connectivity index (χ1v) is 7.24. The van der Waals surface area contributed by atoms with Crippen molar-refractivity contribution in [3.8, 4) is 5.75 Å². The van der Waals surface area contributed by atoms with Crippen LogP contribution in [0.1, 0.15) is 29.2 Å². The van der Waals surface area contributed by atoms with Crippen LogP contribution in [0.4, 0.5) is 0 Å². The Hall–Kier alpha value is -2.14. The first-order chi connectivity index (χ1) is 10.2. The third-order valence-corrected chi connectivity index (χ3v) is 3.81. The van der Waals surface area contributed by atoms with Crippen LogP contribution in [-0.2, 0) is 13.6 Å². The van der Waals surface area contributed by atoms with E-state index in [0.29, 0.717) is 11.4 Å². The van der Waals surface area contributed by atoms with E-state index in [0.717, 1.165) is 25.5 Å². The van der Waals surface area contributed by atoms with Crippen LogP contribution in [0.25, 0.3) is 0 Å². The zero-order valence-corrected chi connectivity index (χ0v) is 12.2. The molecule has 1 aliphatic heterocycles. The van der Waals surface area contributed by atoms with Crippen LogP contribution in [0.3, 0.4) is 0 Å². The van der Waals surface area contributed by atoms with Crippen LogP contribution >= 0.6 is 0 Å². The van der Waals surface area contributed by atoms with Crippen molar-refractivity contribution in [1.82, 2.24) is 14.5 Å². The molecule has 0 radical (unpaired) electrons. The molecule has 5 heteroatoms. The Kier molecular flexibility index (Phi) is 4.01. The fourth-order valence-corrected chi connectivity index (χ4v) is 2.57. The van der Waals surface area contributed by atoms with E-state index in [4.69, 9.17) is 4.74 Å². The van der Waals surface area contributed by atoms with Crippen molar-refractivity contribution in [2.75, 3.05) is 13.1 Å². The molecule has 110 valence electrons. The largest absolute Gasteiger partial charge is 0.422 e. The molecular formula is C16H19N3O2. The molecule has 0 N–H and O–H groups in total. The number of aromatic nitrogens is 2. The van der Waals surface area contributed by atoms with Gasteiger partial charge in [0.05, 0.1) is 12.7 Å². The summed E-state index contributed by atoms with van der Waals surface area (Å²) in [5.74, 6) is 1.07. The van der Waals surface area contributed by atoms with E-state index in [1.807, 2.05) is 29.8 Å². The van der Waals surface area contributed by atoms with E-state index < -0.39 is 0 Å². The lowest BCUT2D eigenvalue weighted by Crippen LogP contribution is -2.22. The Balaban J connectivity index is 1.70. The number of imidazole rings is 1. The molecule has 2 heterocycles. The predicted molar refractivity (Wildman–Crippen MR) is 79.1 cm³/mol. The number of benzene rings is 1. The van der Waals surface area contributed by atoms with Gasteiger partial charge in [0, 0.05) is 7.05 Å². The summed E-state index contributed by atoms with van der Waals surface area (Å²) >= 11 is 0. The number of rotatable bonds is 4. The molecule has 1 aromatic carbocycles. The molecule has 5 nitrogen and oxygen atoms in total. The van der Waals surface area contributed by atoms with E-state index >= 15 is 0 Å². The molecule has 0 aliphatic carbocycles. The summed E-state index contributed by atoms with van der Waals surface area (Å²) < 4.78 is 7.17. The molecule has 1 aromatic heterocycles. The number of likely N-dealkylation sites (tertiary alicyclic amines) is 1. The second-order valence-corrected chi connectivity index (χ2v) is 5.30. The average Bonchev–Trinajstić information content (AvgIpc) is 3.12. The molecule has 0 amide bonds. The highest BCUT2D eigenvalue weighted by molar-refractivity contribution is 5.89. The third kappa shape index (κ3) is 3.13. The van der Waals surface area contributed by atoms with Crippen LogP contribution in [0.2, 0.25) is 0 Å². The van der Waals surface area contributed by atoms with Gasteiger partial charge in [-0.05, 0) is 38.1 Å². The van der Waals surface area contributed by atoms with Crippen molar-refractivity contribution < 1.29 is 9.53 Å². The fraction of sp³-hybridized carbons (Fsp3) is 0.375. The lowest BCUT2D eigenvalue weighted by atomic mass is 10.3. The van der Waals surface area contributed by atoms with E-state index in [1.54, 1.807) is 18.3 Å². The van der Waals surface area contributed by atoms with Gasteiger partial charge in [0.1, 0.15) is 17.3 Å². The summed E-state index contributed by atoms with van der Waals surface area (Å²) in [5.41, 5.74) is 0.480. The first kappa shape index (κ1) is 13.8. The maximum absolute atomic E-state index is 12.2. The minimum Gasteiger partial charge on any atom is -0.422 e. The molecular weight excluding hydrogens is 266 g/mol. The monoisotopic (exact) mass is 285 g/mol. The highest BCUT2D eigenvalue weighted by Gasteiger charge is 2.19. The Morgan fingerprint density at radius 2 is 1.95 bits per heavy atom. The highest BCUT2D eigenvalue weighted by atomic mass is 16.5. The van der Waals surface area contributed by atoms with Gasteiger partial charge in [0.15, 0.2) is 0 Å². The summed E-state index contributed by atoms with van der Waals surface area (Å²) in [6.45, 7) is 3.00. The van der Waals surface area contributed by atoms with Crippen LogP contribution < -0.4 is 4.74 Å². The van der Waals surface area contributed by atoms with Crippen molar-refractivity contribution in [3.63, 3.8) is 0 Å². The number of hydrogen-bond acceptors (Lipinski definition) is 4. The quantitative estimate of drug-likeness (QED) is 0.638. The van der Waals surface area contributed by atoms with Gasteiger partial charge in [-0.15, -0.1) is 0 Å². The molecule has 1 aliphatic rings. The van der Waals surface area contributed by atoms with Gasteiger partial charge >= 0.3 is 5.97 Å². The van der Waals surface area contributed by atoms with E-state index in [-0.39, 0.29) is 5.97 Å². The van der Waals surface area contributed by atoms with Gasteiger partial charge in [0.25, 0.3) is 0 Å². The standard InChI is InChI=1S/C16H19N3O2/c1-18-14(16(20)21-13-7-3-2-4-8-13)11-17-15(18)12-19-9-5-6-10-19/h2-4,7-8,11H,5-6,9-10,12H2,1H3. The third-order valence-electron chi connectivity index (χ3n) is 3.81. The van der Waals surface area contributed by atoms with Gasteiger partial charge in [-0.25, -0.2) is 9.78 Å². The lowest BCUT2D eigenvalue weighted by molar-refractivity contribution is 0.0724. The Morgan fingerprint density at radius 3 is 2.67 bits per heavy atom. The lowest BCUT2D eigenvalue weighted by Gasteiger charge is -2.14. The SMILES string of the molecule is Cn1c(C(=O)Oc2ccccc2)cnc1CN1CCCC1. The maximum atomic E-state index is 12.2. The Bertz CT molecular complexity index is 616. The summed E-state index contributed by atoms with van der Waals surface area (Å²) in [6.07, 6.45) is 4.08. The van der Waals surface area contributed by atoms with E-state index in [1.165, 1.54) is 12.8 Å². The van der Waals surface area contributed by atoms with Gasteiger partial charge in [-0.1, -0.05) is 18.2 Å². The van der Waals surface area contributed by atoms with Crippen LogP contribution in [0.15, 0.2) is 36.5 Å². The van der Waals surface area contributed by atoms with E-state index in [2.05, 4.69) is 9.88 Å². The number of carbonyl (C=O) groups is 1. The predicted octanol–water partition coefficient (Wildman–Crippen LogP) is 2.24. The molecule has 1 saturated heterocycles. The highest BCUT2D eigenvalue weighted by Crippen LogP contribution is 2.15. The summed E-state index contributed by atoms with van der Waals surface area (Å²) in [6, 6.07) is 9.09. The molecule has 0 spiro atoms. The molecule has 0 saturated carbocycles. The molecule has 0 unspecified atom stereocenters. The van der Waals surface area contributed by atoms with Gasteiger partial charge in [-0.2, -0.15) is 0 Å². The van der Waals surface area contributed by atoms with Crippen LogP contribution in [0.5, 0.6) is 5.75 Å². The summed E-state index contributed by atoms with van der Waals surface area (Å²) in [7, 11) is 1.86. The number of carbonyl (C=O) groups excluding carboxylic acids is 1. The van der Waals surface area contributed by atoms with Crippen molar-refractivity contribution in [1.29, 1.82) is 0 Å². The molecule has 0 atom stereocenters. The zero-order valence-electron chi connectivity index (χ0n) is 12.2. The second kappa shape index (κ2) is 6.10. The summed E-state index contributed by atoms with van der Waals surface area (Å²) in [4.78, 5) is 18.9. The minimum atomic E-state index is -0.371. The van der Waals surface area contributed by atoms with Gasteiger partial charge in [-0.3, -0.25) is 4.90 Å². The topological polar surface area (TPSA) is 47.4 Å². The molecule has 1 fully saturated rings. The Labute approximate surface area is 124 Å².